The molecule has 0 radical (unpaired) electrons. The average molecular weight is 287 g/mol. The Morgan fingerprint density at radius 2 is 2.11 bits per heavy atom. The third-order valence-electron chi connectivity index (χ3n) is 2.48. The minimum atomic E-state index is -1.35. The second kappa shape index (κ2) is 6.48. The number of carboxylic acids is 1. The molecule has 1 rings (SSSR count). The van der Waals surface area contributed by atoms with E-state index in [1.807, 2.05) is 13.8 Å². The van der Waals surface area contributed by atoms with Crippen LogP contribution in [0, 0.1) is 6.92 Å². The summed E-state index contributed by atoms with van der Waals surface area (Å²) >= 11 is 1.32. The number of aliphatic hydroxyl groups is 1. The molecule has 0 unspecified atom stereocenters. The van der Waals surface area contributed by atoms with Gasteiger partial charge in [0.05, 0.1) is 11.8 Å². The van der Waals surface area contributed by atoms with Crippen LogP contribution in [0.3, 0.4) is 0 Å². The first-order valence-electron chi connectivity index (χ1n) is 5.79. The summed E-state index contributed by atoms with van der Waals surface area (Å²) in [5.41, 5.74) is 0.894. The maximum absolute atomic E-state index is 11.6. The molecule has 0 aromatic carbocycles. The quantitative estimate of drug-likeness (QED) is 0.644. The van der Waals surface area contributed by atoms with Crippen molar-refractivity contribution in [3.63, 3.8) is 0 Å². The summed E-state index contributed by atoms with van der Waals surface area (Å²) in [6.07, 6.45) is -0.427. The lowest BCUT2D eigenvalue weighted by molar-refractivity contribution is -0.141. The van der Waals surface area contributed by atoms with Crippen LogP contribution in [0.25, 0.3) is 0 Å². The highest BCUT2D eigenvalue weighted by atomic mass is 32.1. The molecule has 0 aliphatic rings. The van der Waals surface area contributed by atoms with Crippen molar-refractivity contribution in [2.45, 2.75) is 39.3 Å². The van der Waals surface area contributed by atoms with Gasteiger partial charge in [0, 0.05) is 4.88 Å². The summed E-state index contributed by atoms with van der Waals surface area (Å²) in [6, 6.07) is -2.06. The Hall–Kier alpha value is -1.67. The predicted octanol–water partition coefficient (Wildman–Crippen LogP) is 0.969. The third-order valence-corrected chi connectivity index (χ3v) is 3.41. The number of aryl methyl sites for hydroxylation is 2. The van der Waals surface area contributed by atoms with Gasteiger partial charge in [0.15, 0.2) is 11.2 Å². The van der Waals surface area contributed by atoms with E-state index >= 15 is 0 Å². The number of anilines is 1. The van der Waals surface area contributed by atoms with Crippen molar-refractivity contribution in [3.05, 3.63) is 10.6 Å². The fraction of sp³-hybridized carbons (Fsp3) is 0.545. The van der Waals surface area contributed by atoms with Crippen LogP contribution >= 0.6 is 11.3 Å². The molecule has 106 valence electrons. The number of carboxylic acid groups (broad SMARTS) is 1. The Bertz CT molecular complexity index is 473. The van der Waals surface area contributed by atoms with E-state index in [0.717, 1.165) is 17.0 Å². The van der Waals surface area contributed by atoms with Gasteiger partial charge in [-0.2, -0.15) is 0 Å². The summed E-state index contributed by atoms with van der Waals surface area (Å²) in [4.78, 5) is 27.6. The number of amides is 2. The van der Waals surface area contributed by atoms with E-state index in [1.54, 1.807) is 0 Å². The number of nitrogens with zero attached hydrogens (tertiary/aromatic N) is 1. The Balaban J connectivity index is 2.66. The molecule has 0 saturated carbocycles. The van der Waals surface area contributed by atoms with Crippen LogP contribution in [0.5, 0.6) is 0 Å². The zero-order chi connectivity index (χ0) is 14.6. The van der Waals surface area contributed by atoms with E-state index in [9.17, 15) is 14.7 Å². The summed E-state index contributed by atoms with van der Waals surface area (Å²) in [5, 5.41) is 23.1. The van der Waals surface area contributed by atoms with Crippen molar-refractivity contribution in [1.29, 1.82) is 0 Å². The van der Waals surface area contributed by atoms with Gasteiger partial charge in [0.25, 0.3) is 0 Å². The molecular weight excluding hydrogens is 270 g/mol. The highest BCUT2D eigenvalue weighted by molar-refractivity contribution is 7.15. The van der Waals surface area contributed by atoms with Crippen LogP contribution in [0.15, 0.2) is 0 Å². The highest BCUT2D eigenvalue weighted by Crippen LogP contribution is 2.22. The molecule has 0 aliphatic heterocycles. The number of hydrogen-bond acceptors (Lipinski definition) is 5. The molecule has 19 heavy (non-hydrogen) atoms. The zero-order valence-corrected chi connectivity index (χ0v) is 11.7. The second-order valence-corrected chi connectivity index (χ2v) is 5.23. The number of aliphatic hydroxyl groups excluding tert-OH is 1. The van der Waals surface area contributed by atoms with Gasteiger partial charge >= 0.3 is 12.0 Å². The predicted molar refractivity (Wildman–Crippen MR) is 71.5 cm³/mol. The van der Waals surface area contributed by atoms with Crippen molar-refractivity contribution in [1.82, 2.24) is 10.3 Å². The number of rotatable bonds is 5. The standard InChI is InChI=1S/C11H17N3O4S/c1-4-7-6(3)19-11(12-7)14-10(18)13-8(5(2)15)9(16)17/h5,8,15H,4H2,1-3H3,(H,16,17)(H2,12,13,14,18)/t5-,8+/m1/s1. The van der Waals surface area contributed by atoms with Gasteiger partial charge < -0.3 is 15.5 Å². The molecule has 0 aliphatic carbocycles. The Morgan fingerprint density at radius 1 is 1.47 bits per heavy atom. The van der Waals surface area contributed by atoms with Gasteiger partial charge in [0.2, 0.25) is 0 Å². The van der Waals surface area contributed by atoms with Gasteiger partial charge in [-0.05, 0) is 20.3 Å². The maximum Gasteiger partial charge on any atom is 0.328 e. The Labute approximate surface area is 114 Å². The van der Waals surface area contributed by atoms with Crippen LogP contribution in [0.1, 0.15) is 24.4 Å². The van der Waals surface area contributed by atoms with E-state index in [2.05, 4.69) is 15.6 Å². The first-order valence-corrected chi connectivity index (χ1v) is 6.61. The number of nitrogens with one attached hydrogen (secondary N) is 2. The van der Waals surface area contributed by atoms with E-state index < -0.39 is 24.1 Å². The van der Waals surface area contributed by atoms with Crippen LogP contribution in [-0.2, 0) is 11.2 Å². The first-order chi connectivity index (χ1) is 8.85. The lowest BCUT2D eigenvalue weighted by atomic mass is 10.2. The largest absolute Gasteiger partial charge is 0.480 e. The van der Waals surface area contributed by atoms with Crippen molar-refractivity contribution in [2.24, 2.45) is 0 Å². The molecule has 7 nitrogen and oxygen atoms in total. The van der Waals surface area contributed by atoms with Gasteiger partial charge in [-0.3, -0.25) is 5.32 Å². The summed E-state index contributed by atoms with van der Waals surface area (Å²) in [7, 11) is 0. The summed E-state index contributed by atoms with van der Waals surface area (Å²) in [6.45, 7) is 5.15. The molecule has 2 atom stereocenters. The van der Waals surface area contributed by atoms with E-state index in [1.165, 1.54) is 18.3 Å². The smallest absolute Gasteiger partial charge is 0.328 e. The van der Waals surface area contributed by atoms with Gasteiger partial charge in [-0.1, -0.05) is 6.92 Å². The Morgan fingerprint density at radius 3 is 2.53 bits per heavy atom. The number of carbonyl (C=O) groups excluding carboxylic acids is 1. The number of aliphatic carboxylic acids is 1. The fourth-order valence-electron chi connectivity index (χ4n) is 1.47. The zero-order valence-electron chi connectivity index (χ0n) is 10.9. The monoisotopic (exact) mass is 287 g/mol. The molecule has 0 saturated heterocycles. The van der Waals surface area contributed by atoms with Gasteiger partial charge in [-0.15, -0.1) is 11.3 Å². The fourth-order valence-corrected chi connectivity index (χ4v) is 2.37. The third kappa shape index (κ3) is 4.18. The molecule has 0 bridgehead atoms. The van der Waals surface area contributed by atoms with Crippen LogP contribution in [-0.4, -0.2) is 39.3 Å². The molecule has 2 amide bonds. The lowest BCUT2D eigenvalue weighted by Gasteiger charge is -2.16. The Kier molecular flexibility index (Phi) is 5.25. The molecule has 8 heteroatoms. The van der Waals surface area contributed by atoms with Crippen molar-refractivity contribution < 1.29 is 19.8 Å². The number of carbonyl (C=O) groups is 2. The highest BCUT2D eigenvalue weighted by Gasteiger charge is 2.25. The number of thiazole rings is 1. The number of aromatic nitrogens is 1. The van der Waals surface area contributed by atoms with Crippen LogP contribution < -0.4 is 10.6 Å². The number of urea groups is 1. The molecule has 1 aromatic heterocycles. The van der Waals surface area contributed by atoms with Gasteiger partial charge in [-0.25, -0.2) is 14.6 Å². The molecular formula is C11H17N3O4S. The van der Waals surface area contributed by atoms with E-state index in [0.29, 0.717) is 5.13 Å². The molecule has 4 N–H and O–H groups in total. The molecule has 1 aromatic rings. The maximum atomic E-state index is 11.6. The van der Waals surface area contributed by atoms with Gasteiger partial charge in [0.1, 0.15) is 0 Å². The topological polar surface area (TPSA) is 112 Å². The molecule has 1 heterocycles. The lowest BCUT2D eigenvalue weighted by Crippen LogP contribution is -2.49. The van der Waals surface area contributed by atoms with E-state index in [4.69, 9.17) is 5.11 Å². The van der Waals surface area contributed by atoms with Crippen molar-refractivity contribution in [3.8, 4) is 0 Å². The van der Waals surface area contributed by atoms with Crippen LogP contribution in [0.2, 0.25) is 0 Å². The average Bonchev–Trinajstić information content (AvgIpc) is 2.65. The number of hydrogen-bond donors (Lipinski definition) is 4. The van der Waals surface area contributed by atoms with E-state index in [-0.39, 0.29) is 0 Å². The van der Waals surface area contributed by atoms with Crippen molar-refractivity contribution in [2.75, 3.05) is 5.32 Å². The SMILES string of the molecule is CCc1nc(NC(=O)N[C@H](C(=O)O)[C@@H](C)O)sc1C. The molecule has 0 spiro atoms. The molecule has 0 fully saturated rings. The van der Waals surface area contributed by atoms with Crippen LogP contribution in [0.4, 0.5) is 9.93 Å². The van der Waals surface area contributed by atoms with Crippen molar-refractivity contribution >= 4 is 28.5 Å². The first kappa shape index (κ1) is 15.4. The second-order valence-electron chi connectivity index (χ2n) is 4.03. The minimum Gasteiger partial charge on any atom is -0.480 e. The normalized spacial score (nSPS) is 13.7. The summed E-state index contributed by atoms with van der Waals surface area (Å²) in [5.74, 6) is -1.30. The summed E-state index contributed by atoms with van der Waals surface area (Å²) < 4.78 is 0. The minimum absolute atomic E-state index is 0.404.